The van der Waals surface area contributed by atoms with Crippen LogP contribution in [-0.4, -0.2) is 40.1 Å². The second-order valence-corrected chi connectivity index (χ2v) is 8.00. The van der Waals surface area contributed by atoms with Crippen molar-refractivity contribution in [2.24, 2.45) is 0 Å². The molecule has 1 aliphatic heterocycles. The zero-order valence-electron chi connectivity index (χ0n) is 16.4. The number of carbonyl (C=O) groups is 2. The lowest BCUT2D eigenvalue weighted by molar-refractivity contribution is -0.122. The molecule has 0 spiro atoms. The summed E-state index contributed by atoms with van der Waals surface area (Å²) in [7, 11) is 0. The van der Waals surface area contributed by atoms with Gasteiger partial charge in [-0.05, 0) is 70.7 Å². The first kappa shape index (κ1) is 19.1. The number of ether oxygens (including phenoxy) is 1. The summed E-state index contributed by atoms with van der Waals surface area (Å²) in [6.45, 7) is 8.01. The molecule has 3 rings (SSSR count). The molecule has 27 heavy (non-hydrogen) atoms. The standard InChI is InChI=1S/C21H27N3O3/c1-14-10-11-16(15-8-7-12-22-18(14)15)23-19(25)17-9-5-6-13-24(17)20(26)27-21(2,3)4/h7-8,10-12,17H,5-6,9,13H2,1-4H3,(H,23,25). The fourth-order valence-corrected chi connectivity index (χ4v) is 3.38. The number of piperidine rings is 1. The van der Waals surface area contributed by atoms with E-state index in [4.69, 9.17) is 4.74 Å². The van der Waals surface area contributed by atoms with Gasteiger partial charge >= 0.3 is 6.09 Å². The molecule has 6 nitrogen and oxygen atoms in total. The monoisotopic (exact) mass is 369 g/mol. The number of hydrogen-bond acceptors (Lipinski definition) is 4. The van der Waals surface area contributed by atoms with Crippen molar-refractivity contribution in [2.75, 3.05) is 11.9 Å². The van der Waals surface area contributed by atoms with Crippen LogP contribution >= 0.6 is 0 Å². The summed E-state index contributed by atoms with van der Waals surface area (Å²) in [6.07, 6.45) is 3.73. The minimum atomic E-state index is -0.589. The van der Waals surface area contributed by atoms with Crippen molar-refractivity contribution < 1.29 is 14.3 Å². The quantitative estimate of drug-likeness (QED) is 0.858. The fourth-order valence-electron chi connectivity index (χ4n) is 3.38. The summed E-state index contributed by atoms with van der Waals surface area (Å²) in [4.78, 5) is 31.5. The molecule has 6 heteroatoms. The number of hydrogen-bond donors (Lipinski definition) is 1. The van der Waals surface area contributed by atoms with Gasteiger partial charge in [-0.1, -0.05) is 6.07 Å². The number of aryl methyl sites for hydroxylation is 1. The van der Waals surface area contributed by atoms with Gasteiger partial charge in [-0.15, -0.1) is 0 Å². The van der Waals surface area contributed by atoms with Crippen LogP contribution in [-0.2, 0) is 9.53 Å². The van der Waals surface area contributed by atoms with Gasteiger partial charge in [0, 0.05) is 18.1 Å². The van der Waals surface area contributed by atoms with Gasteiger partial charge in [0.25, 0.3) is 0 Å². The number of rotatable bonds is 2. The van der Waals surface area contributed by atoms with E-state index in [9.17, 15) is 9.59 Å². The molecule has 2 aromatic rings. The van der Waals surface area contributed by atoms with Crippen LogP contribution in [0.1, 0.15) is 45.6 Å². The Bertz CT molecular complexity index is 857. The first-order chi connectivity index (χ1) is 12.8. The molecule has 1 aromatic heterocycles. The maximum Gasteiger partial charge on any atom is 0.410 e. The van der Waals surface area contributed by atoms with Gasteiger partial charge in [0.2, 0.25) is 5.91 Å². The summed E-state index contributed by atoms with van der Waals surface area (Å²) in [5.74, 6) is -0.186. The highest BCUT2D eigenvalue weighted by atomic mass is 16.6. The molecule has 1 fully saturated rings. The fraction of sp³-hybridized carbons (Fsp3) is 0.476. The van der Waals surface area contributed by atoms with Gasteiger partial charge in [-0.3, -0.25) is 14.7 Å². The van der Waals surface area contributed by atoms with Crippen LogP contribution in [0, 0.1) is 6.92 Å². The molecule has 144 valence electrons. The first-order valence-electron chi connectivity index (χ1n) is 9.41. The van der Waals surface area contributed by atoms with E-state index >= 15 is 0 Å². The molecule has 2 amide bonds. The Kier molecular flexibility index (Phi) is 5.35. The van der Waals surface area contributed by atoms with E-state index in [1.165, 1.54) is 0 Å². The number of pyridine rings is 1. The van der Waals surface area contributed by atoms with E-state index in [2.05, 4.69) is 10.3 Å². The van der Waals surface area contributed by atoms with Crippen molar-refractivity contribution in [1.29, 1.82) is 0 Å². The molecule has 0 radical (unpaired) electrons. The third kappa shape index (κ3) is 4.38. The van der Waals surface area contributed by atoms with E-state index in [1.54, 1.807) is 11.1 Å². The summed E-state index contributed by atoms with van der Waals surface area (Å²) >= 11 is 0. The average Bonchev–Trinajstić information content (AvgIpc) is 2.63. The second kappa shape index (κ2) is 7.55. The molecule has 1 saturated heterocycles. The Labute approximate surface area is 159 Å². The van der Waals surface area contributed by atoms with Gasteiger partial charge in [0.05, 0.1) is 11.2 Å². The van der Waals surface area contributed by atoms with Crippen molar-refractivity contribution in [3.05, 3.63) is 36.0 Å². The molecule has 2 heterocycles. The lowest BCUT2D eigenvalue weighted by atomic mass is 10.0. The minimum Gasteiger partial charge on any atom is -0.444 e. The van der Waals surface area contributed by atoms with E-state index in [1.807, 2.05) is 52.0 Å². The lowest BCUT2D eigenvalue weighted by Gasteiger charge is -2.35. The normalized spacial score (nSPS) is 17.6. The largest absolute Gasteiger partial charge is 0.444 e. The number of nitrogens with zero attached hydrogens (tertiary/aromatic N) is 2. The average molecular weight is 369 g/mol. The number of fused-ring (bicyclic) bond motifs is 1. The van der Waals surface area contributed by atoms with E-state index in [0.29, 0.717) is 18.7 Å². The predicted octanol–water partition coefficient (Wildman–Crippen LogP) is 4.27. The van der Waals surface area contributed by atoms with Gasteiger partial charge in [-0.25, -0.2) is 4.79 Å². The maximum atomic E-state index is 13.0. The molecule has 1 unspecified atom stereocenters. The summed E-state index contributed by atoms with van der Waals surface area (Å²) in [5.41, 5.74) is 2.04. The smallest absolute Gasteiger partial charge is 0.410 e. The Morgan fingerprint density at radius 2 is 2.00 bits per heavy atom. The minimum absolute atomic E-state index is 0.186. The van der Waals surface area contributed by atoms with Crippen LogP contribution in [0.5, 0.6) is 0 Å². The summed E-state index contributed by atoms with van der Waals surface area (Å²) in [6, 6.07) is 7.10. The zero-order valence-corrected chi connectivity index (χ0v) is 16.4. The molecule has 0 aliphatic carbocycles. The third-order valence-electron chi connectivity index (χ3n) is 4.66. The second-order valence-electron chi connectivity index (χ2n) is 8.00. The topological polar surface area (TPSA) is 71.5 Å². The highest BCUT2D eigenvalue weighted by Gasteiger charge is 2.35. The van der Waals surface area contributed by atoms with Gasteiger partial charge < -0.3 is 10.1 Å². The van der Waals surface area contributed by atoms with Gasteiger partial charge in [0.1, 0.15) is 11.6 Å². The third-order valence-corrected chi connectivity index (χ3v) is 4.66. The van der Waals surface area contributed by atoms with Crippen molar-refractivity contribution in [3.8, 4) is 0 Å². The summed E-state index contributed by atoms with van der Waals surface area (Å²) < 4.78 is 5.49. The van der Waals surface area contributed by atoms with E-state index < -0.39 is 17.7 Å². The lowest BCUT2D eigenvalue weighted by Crippen LogP contribution is -2.51. The highest BCUT2D eigenvalue weighted by molar-refractivity contribution is 6.04. The number of likely N-dealkylation sites (tertiary alicyclic amines) is 1. The van der Waals surface area contributed by atoms with Crippen LogP contribution in [0.4, 0.5) is 10.5 Å². The maximum absolute atomic E-state index is 13.0. The Morgan fingerprint density at radius 1 is 1.22 bits per heavy atom. The van der Waals surface area contributed by atoms with Crippen LogP contribution in [0.15, 0.2) is 30.5 Å². The van der Waals surface area contributed by atoms with Gasteiger partial charge in [0.15, 0.2) is 0 Å². The molecular weight excluding hydrogens is 342 g/mol. The van der Waals surface area contributed by atoms with Gasteiger partial charge in [-0.2, -0.15) is 0 Å². The van der Waals surface area contributed by atoms with Crippen LogP contribution in [0.25, 0.3) is 10.9 Å². The highest BCUT2D eigenvalue weighted by Crippen LogP contribution is 2.26. The molecule has 0 saturated carbocycles. The number of benzene rings is 1. The molecule has 1 atom stereocenters. The van der Waals surface area contributed by atoms with E-state index in [0.717, 1.165) is 29.3 Å². The Balaban J connectivity index is 1.82. The van der Waals surface area contributed by atoms with Crippen molar-refractivity contribution in [3.63, 3.8) is 0 Å². The Morgan fingerprint density at radius 3 is 2.74 bits per heavy atom. The van der Waals surface area contributed by atoms with Crippen molar-refractivity contribution in [2.45, 2.75) is 58.6 Å². The number of carbonyl (C=O) groups excluding carboxylic acids is 2. The van der Waals surface area contributed by atoms with Crippen molar-refractivity contribution >= 4 is 28.6 Å². The predicted molar refractivity (Wildman–Crippen MR) is 106 cm³/mol. The molecular formula is C21H27N3O3. The number of nitrogens with one attached hydrogen (secondary N) is 1. The zero-order chi connectivity index (χ0) is 19.6. The van der Waals surface area contributed by atoms with E-state index in [-0.39, 0.29) is 5.91 Å². The number of anilines is 1. The molecule has 1 N–H and O–H groups in total. The SMILES string of the molecule is Cc1ccc(NC(=O)C2CCCCN2C(=O)OC(C)(C)C)c2cccnc12. The summed E-state index contributed by atoms with van der Waals surface area (Å²) in [5, 5.41) is 3.90. The Hall–Kier alpha value is -2.63. The first-order valence-corrected chi connectivity index (χ1v) is 9.41. The molecule has 1 aromatic carbocycles. The van der Waals surface area contributed by atoms with Crippen LogP contribution in [0.3, 0.4) is 0 Å². The molecule has 0 bridgehead atoms. The van der Waals surface area contributed by atoms with Crippen LogP contribution in [0.2, 0.25) is 0 Å². The number of amides is 2. The van der Waals surface area contributed by atoms with Crippen LogP contribution < -0.4 is 5.32 Å². The van der Waals surface area contributed by atoms with Crippen molar-refractivity contribution in [1.82, 2.24) is 9.88 Å². The number of aromatic nitrogens is 1. The molecule has 1 aliphatic rings.